The van der Waals surface area contributed by atoms with Gasteiger partial charge in [0, 0.05) is 37.5 Å². The van der Waals surface area contributed by atoms with Crippen molar-refractivity contribution in [2.75, 3.05) is 0 Å². The van der Waals surface area contributed by atoms with Gasteiger partial charge in [-0.15, -0.1) is 0 Å². The third-order valence-corrected chi connectivity index (χ3v) is 11.4. The van der Waals surface area contributed by atoms with Gasteiger partial charge in [0.05, 0.1) is 6.10 Å². The van der Waals surface area contributed by atoms with Crippen LogP contribution in [0.4, 0.5) is 0 Å². The molecule has 0 bridgehead atoms. The fourth-order valence-electron chi connectivity index (χ4n) is 10.0. The minimum absolute atomic E-state index is 0.00272. The Bertz CT molecular complexity index is 994. The number of carbonyl (C=O) groups is 3. The molecule has 5 nitrogen and oxygen atoms in total. The summed E-state index contributed by atoms with van der Waals surface area (Å²) >= 11 is 0. The van der Waals surface area contributed by atoms with Crippen LogP contribution in [0.25, 0.3) is 0 Å². The standard InChI is InChI=1S/C29H38O5/c1-15(30)34-17-8-10-28(2)16(12-17)4-5-18-21(28)9-11-29(3)22(18)13-20-26-19(14-25(33)27(20)29)23(31)6-7-24(26)32/h4,6-7,17-23,26-27,31H,5,8-14H2,1-3H3/t17-,18?,19-,20-,21?,22?,23+,26+,27+,28?,29?/m0/s1. The number of hydrogen-bond donors (Lipinski definition) is 1. The Labute approximate surface area is 202 Å². The van der Waals surface area contributed by atoms with Gasteiger partial charge in [-0.1, -0.05) is 31.6 Å². The second kappa shape index (κ2) is 7.62. The monoisotopic (exact) mass is 466 g/mol. The molecule has 0 heterocycles. The number of ketones is 2. The van der Waals surface area contributed by atoms with Crippen molar-refractivity contribution in [1.82, 2.24) is 0 Å². The molecule has 1 N–H and O–H groups in total. The van der Waals surface area contributed by atoms with Crippen LogP contribution >= 0.6 is 0 Å². The second-order valence-corrected chi connectivity index (χ2v) is 12.8. The van der Waals surface area contributed by atoms with Crippen molar-refractivity contribution in [3.8, 4) is 0 Å². The lowest BCUT2D eigenvalue weighted by atomic mass is 9.47. The Kier molecular flexibility index (Phi) is 5.09. The third kappa shape index (κ3) is 3.04. The fraction of sp³-hybridized carbons (Fsp3) is 0.759. The van der Waals surface area contributed by atoms with Crippen molar-refractivity contribution in [2.24, 2.45) is 52.3 Å². The number of fused-ring (bicyclic) bond motifs is 9. The number of esters is 1. The Balaban J connectivity index is 1.31. The Morgan fingerprint density at radius 1 is 1.06 bits per heavy atom. The Morgan fingerprint density at radius 2 is 1.85 bits per heavy atom. The van der Waals surface area contributed by atoms with Crippen molar-refractivity contribution in [1.29, 1.82) is 0 Å². The molecule has 5 heteroatoms. The summed E-state index contributed by atoms with van der Waals surface area (Å²) < 4.78 is 5.58. The largest absolute Gasteiger partial charge is 0.462 e. The number of aliphatic hydroxyl groups excluding tert-OH is 1. The minimum atomic E-state index is -0.678. The molecule has 0 aliphatic heterocycles. The lowest BCUT2D eigenvalue weighted by molar-refractivity contribution is -0.150. The van der Waals surface area contributed by atoms with E-state index in [2.05, 4.69) is 19.9 Å². The summed E-state index contributed by atoms with van der Waals surface area (Å²) in [6.45, 7) is 6.27. The van der Waals surface area contributed by atoms with Crippen molar-refractivity contribution >= 4 is 17.5 Å². The summed E-state index contributed by atoms with van der Waals surface area (Å²) in [7, 11) is 0. The van der Waals surface area contributed by atoms with Gasteiger partial charge in [-0.05, 0) is 79.1 Å². The smallest absolute Gasteiger partial charge is 0.302 e. The molecule has 5 unspecified atom stereocenters. The van der Waals surface area contributed by atoms with E-state index in [1.807, 2.05) is 0 Å². The fourth-order valence-corrected chi connectivity index (χ4v) is 10.0. The first kappa shape index (κ1) is 22.7. The number of aliphatic hydroxyl groups is 1. The molecule has 0 aromatic heterocycles. The highest BCUT2D eigenvalue weighted by atomic mass is 16.5. The van der Waals surface area contributed by atoms with Gasteiger partial charge in [-0.25, -0.2) is 0 Å². The SMILES string of the molecule is CC(=O)O[C@H]1CCC2(C)C(=CCC3C2CCC2(C)C3C[C@H]3[C@@H]4C(=O)C=C[C@@H](O)[C@@H]4CC(=O)[C@@H]32)C1. The van der Waals surface area contributed by atoms with Crippen molar-refractivity contribution < 1.29 is 24.2 Å². The van der Waals surface area contributed by atoms with Gasteiger partial charge in [0.15, 0.2) is 5.78 Å². The molecule has 0 radical (unpaired) electrons. The number of rotatable bonds is 1. The van der Waals surface area contributed by atoms with Crippen LogP contribution in [0.2, 0.25) is 0 Å². The van der Waals surface area contributed by atoms with Crippen LogP contribution in [-0.2, 0) is 19.1 Å². The highest BCUT2D eigenvalue weighted by molar-refractivity contribution is 5.96. The van der Waals surface area contributed by atoms with Crippen LogP contribution in [0.5, 0.6) is 0 Å². The predicted octanol–water partition coefficient (Wildman–Crippen LogP) is 4.43. The maximum absolute atomic E-state index is 13.5. The first-order chi connectivity index (χ1) is 16.1. The Hall–Kier alpha value is -1.75. The molecule has 6 aliphatic carbocycles. The van der Waals surface area contributed by atoms with E-state index < -0.39 is 6.10 Å². The number of allylic oxidation sites excluding steroid dienone is 2. The lowest BCUT2D eigenvalue weighted by Crippen LogP contribution is -2.53. The highest BCUT2D eigenvalue weighted by Crippen LogP contribution is 2.69. The molecule has 34 heavy (non-hydrogen) atoms. The zero-order valence-corrected chi connectivity index (χ0v) is 20.7. The molecule has 4 saturated carbocycles. The molecule has 0 saturated heterocycles. The van der Waals surface area contributed by atoms with Gasteiger partial charge in [0.25, 0.3) is 0 Å². The number of Topliss-reactive ketones (excluding diaryl/α,β-unsaturated/α-hetero) is 1. The molecule has 4 fully saturated rings. The number of hydrogen-bond acceptors (Lipinski definition) is 5. The summed E-state index contributed by atoms with van der Waals surface area (Å²) in [4.78, 5) is 38.0. The third-order valence-electron chi connectivity index (χ3n) is 11.4. The summed E-state index contributed by atoms with van der Waals surface area (Å²) in [6.07, 6.45) is 12.2. The summed E-state index contributed by atoms with van der Waals surface area (Å²) in [5.41, 5.74) is 1.56. The van der Waals surface area contributed by atoms with Crippen LogP contribution in [0.3, 0.4) is 0 Å². The molecule has 6 rings (SSSR count). The maximum Gasteiger partial charge on any atom is 0.302 e. The van der Waals surface area contributed by atoms with Gasteiger partial charge in [0.1, 0.15) is 11.9 Å². The van der Waals surface area contributed by atoms with E-state index in [0.29, 0.717) is 24.2 Å². The first-order valence-electron chi connectivity index (χ1n) is 13.4. The minimum Gasteiger partial charge on any atom is -0.462 e. The number of ether oxygens (including phenoxy) is 1. The zero-order chi connectivity index (χ0) is 24.0. The first-order valence-corrected chi connectivity index (χ1v) is 13.4. The van der Waals surface area contributed by atoms with Gasteiger partial charge in [-0.2, -0.15) is 0 Å². The maximum atomic E-state index is 13.5. The summed E-state index contributed by atoms with van der Waals surface area (Å²) in [5.74, 6) is 1.38. The van der Waals surface area contributed by atoms with Gasteiger partial charge >= 0.3 is 5.97 Å². The van der Waals surface area contributed by atoms with Gasteiger partial charge < -0.3 is 9.84 Å². The topological polar surface area (TPSA) is 80.7 Å². The zero-order valence-electron chi connectivity index (χ0n) is 20.7. The number of carbonyl (C=O) groups excluding carboxylic acids is 3. The van der Waals surface area contributed by atoms with Crippen LogP contribution in [0, 0.1) is 52.3 Å². The van der Waals surface area contributed by atoms with Crippen molar-refractivity contribution in [3.63, 3.8) is 0 Å². The summed E-state index contributed by atoms with van der Waals surface area (Å²) in [6, 6.07) is 0. The molecule has 11 atom stereocenters. The molecule has 0 aromatic carbocycles. The van der Waals surface area contributed by atoms with Crippen LogP contribution in [-0.4, -0.2) is 34.9 Å². The Morgan fingerprint density at radius 3 is 2.62 bits per heavy atom. The van der Waals surface area contributed by atoms with Crippen molar-refractivity contribution in [2.45, 2.75) is 84.3 Å². The molecule has 0 aromatic rings. The lowest BCUT2D eigenvalue weighted by Gasteiger charge is -2.58. The van der Waals surface area contributed by atoms with Crippen LogP contribution in [0.1, 0.15) is 72.1 Å². The molecular weight excluding hydrogens is 428 g/mol. The highest BCUT2D eigenvalue weighted by Gasteiger charge is 2.66. The van der Waals surface area contributed by atoms with Crippen LogP contribution < -0.4 is 0 Å². The van der Waals surface area contributed by atoms with Crippen LogP contribution in [0.15, 0.2) is 23.8 Å². The van der Waals surface area contributed by atoms with E-state index in [1.165, 1.54) is 12.5 Å². The molecular formula is C29H38O5. The van der Waals surface area contributed by atoms with E-state index in [0.717, 1.165) is 44.9 Å². The van der Waals surface area contributed by atoms with Gasteiger partial charge in [-0.3, -0.25) is 14.4 Å². The van der Waals surface area contributed by atoms with Crippen molar-refractivity contribution in [3.05, 3.63) is 23.8 Å². The van der Waals surface area contributed by atoms with E-state index >= 15 is 0 Å². The predicted molar refractivity (Wildman–Crippen MR) is 126 cm³/mol. The average Bonchev–Trinajstić information content (AvgIpc) is 3.10. The van der Waals surface area contributed by atoms with E-state index in [4.69, 9.17) is 4.74 Å². The molecule has 0 amide bonds. The quantitative estimate of drug-likeness (QED) is 0.457. The average molecular weight is 467 g/mol. The molecule has 6 aliphatic rings. The van der Waals surface area contributed by atoms with E-state index in [-0.39, 0.29) is 58.1 Å². The van der Waals surface area contributed by atoms with E-state index in [9.17, 15) is 19.5 Å². The van der Waals surface area contributed by atoms with Gasteiger partial charge in [0.2, 0.25) is 0 Å². The molecule has 0 spiro atoms. The normalized spacial score (nSPS) is 51.4. The second-order valence-electron chi connectivity index (χ2n) is 12.8. The summed E-state index contributed by atoms with van der Waals surface area (Å²) in [5, 5.41) is 10.6. The molecule has 184 valence electrons. The van der Waals surface area contributed by atoms with E-state index in [1.54, 1.807) is 12.2 Å².